The highest BCUT2D eigenvalue weighted by atomic mass is 32.1. The van der Waals surface area contributed by atoms with Crippen LogP contribution in [0.2, 0.25) is 0 Å². The van der Waals surface area contributed by atoms with Gasteiger partial charge in [0.25, 0.3) is 11.1 Å². The second-order valence-electron chi connectivity index (χ2n) is 6.94. The summed E-state index contributed by atoms with van der Waals surface area (Å²) in [6.45, 7) is 7.80. The maximum atomic E-state index is 12.4. The minimum absolute atomic E-state index is 0.0821. The van der Waals surface area contributed by atoms with Crippen molar-refractivity contribution in [3.05, 3.63) is 53.2 Å². The maximum Gasteiger partial charge on any atom is 0.273 e. The van der Waals surface area contributed by atoms with Crippen LogP contribution in [0.5, 0.6) is 0 Å². The van der Waals surface area contributed by atoms with Crippen LogP contribution in [-0.2, 0) is 18.3 Å². The number of carbonyl (C=O) groups excluding carboxylic acids is 1. The third-order valence-corrected chi connectivity index (χ3v) is 5.91. The van der Waals surface area contributed by atoms with Gasteiger partial charge in [-0.25, -0.2) is 0 Å². The van der Waals surface area contributed by atoms with E-state index in [1.54, 1.807) is 25.3 Å². The number of rotatable bonds is 5. The molecule has 8 heteroatoms. The molecule has 3 N–H and O–H groups in total. The first-order chi connectivity index (χ1) is 12.7. The topological polar surface area (TPSA) is 99.8 Å². The summed E-state index contributed by atoms with van der Waals surface area (Å²) in [7, 11) is 1.67. The summed E-state index contributed by atoms with van der Waals surface area (Å²) >= 11 is 1.71. The number of thiophene rings is 1. The van der Waals surface area contributed by atoms with Gasteiger partial charge in [0.1, 0.15) is 5.65 Å². The Bertz CT molecular complexity index is 1130. The highest BCUT2D eigenvalue weighted by Gasteiger charge is 2.17. The average Bonchev–Trinajstić information content (AvgIpc) is 3.05. The lowest BCUT2D eigenvalue weighted by Gasteiger charge is -2.14. The standard InChI is InChI=1S/C19H24N4O3S/c1-9-8-14(12(4)27-9)11(3)20-15(24)7-6-13-10(2)16-17(21-18(13)25)23(5)22-19(16)26/h8,11H,6-7H2,1-5H3,(H,20,24)(H,21,25)(H,22,26)/t11-/m1/s1. The predicted molar refractivity (Wildman–Crippen MR) is 108 cm³/mol. The van der Waals surface area contributed by atoms with E-state index in [0.29, 0.717) is 22.2 Å². The number of aromatic amines is 2. The Morgan fingerprint density at radius 3 is 2.59 bits per heavy atom. The van der Waals surface area contributed by atoms with Crippen LogP contribution in [0.4, 0.5) is 0 Å². The van der Waals surface area contributed by atoms with E-state index in [1.165, 1.54) is 14.4 Å². The van der Waals surface area contributed by atoms with Gasteiger partial charge in [-0.15, -0.1) is 11.3 Å². The van der Waals surface area contributed by atoms with Gasteiger partial charge in [-0.05, 0) is 51.3 Å². The minimum atomic E-state index is -0.264. The first-order valence-electron chi connectivity index (χ1n) is 8.85. The quantitative estimate of drug-likeness (QED) is 0.625. The Balaban J connectivity index is 1.76. The second-order valence-corrected chi connectivity index (χ2v) is 8.40. The summed E-state index contributed by atoms with van der Waals surface area (Å²) in [5.41, 5.74) is 2.18. The van der Waals surface area contributed by atoms with Crippen molar-refractivity contribution in [2.24, 2.45) is 7.05 Å². The minimum Gasteiger partial charge on any atom is -0.350 e. The Morgan fingerprint density at radius 1 is 1.26 bits per heavy atom. The number of carbonyl (C=O) groups is 1. The van der Waals surface area contributed by atoms with Crippen LogP contribution in [0.25, 0.3) is 11.0 Å². The van der Waals surface area contributed by atoms with Crippen LogP contribution in [0.3, 0.4) is 0 Å². The fourth-order valence-corrected chi connectivity index (χ4v) is 4.57. The van der Waals surface area contributed by atoms with Gasteiger partial charge in [0.15, 0.2) is 0 Å². The lowest BCUT2D eigenvalue weighted by atomic mass is 10.0. The molecule has 1 amide bonds. The van der Waals surface area contributed by atoms with Crippen molar-refractivity contribution >= 4 is 28.3 Å². The van der Waals surface area contributed by atoms with Crippen molar-refractivity contribution in [2.45, 2.75) is 46.6 Å². The molecule has 0 radical (unpaired) electrons. The Morgan fingerprint density at radius 2 is 1.96 bits per heavy atom. The van der Waals surface area contributed by atoms with Crippen LogP contribution in [0.15, 0.2) is 15.7 Å². The molecule has 0 fully saturated rings. The molecule has 0 aliphatic heterocycles. The Hall–Kier alpha value is -2.61. The zero-order chi connectivity index (χ0) is 19.9. The molecule has 3 aromatic rings. The van der Waals surface area contributed by atoms with Gasteiger partial charge >= 0.3 is 0 Å². The number of hydrogen-bond donors (Lipinski definition) is 3. The third-order valence-electron chi connectivity index (χ3n) is 4.93. The normalized spacial score (nSPS) is 12.5. The molecule has 3 rings (SSSR count). The summed E-state index contributed by atoms with van der Waals surface area (Å²) < 4.78 is 1.50. The molecule has 0 spiro atoms. The van der Waals surface area contributed by atoms with Crippen LogP contribution < -0.4 is 16.4 Å². The molecule has 0 unspecified atom stereocenters. The fourth-order valence-electron chi connectivity index (χ4n) is 3.55. The van der Waals surface area contributed by atoms with Crippen molar-refractivity contribution in [1.29, 1.82) is 0 Å². The maximum absolute atomic E-state index is 12.4. The Labute approximate surface area is 160 Å². The van der Waals surface area contributed by atoms with Crippen LogP contribution in [0.1, 0.15) is 45.8 Å². The van der Waals surface area contributed by atoms with E-state index in [9.17, 15) is 14.4 Å². The number of hydrogen-bond acceptors (Lipinski definition) is 4. The molecule has 0 saturated carbocycles. The predicted octanol–water partition coefficient (Wildman–Crippen LogP) is 2.35. The largest absolute Gasteiger partial charge is 0.350 e. The van der Waals surface area contributed by atoms with Gasteiger partial charge in [0, 0.05) is 28.8 Å². The van der Waals surface area contributed by atoms with Crippen molar-refractivity contribution in [3.63, 3.8) is 0 Å². The van der Waals surface area contributed by atoms with Gasteiger partial charge < -0.3 is 10.3 Å². The van der Waals surface area contributed by atoms with E-state index in [0.717, 1.165) is 5.56 Å². The zero-order valence-electron chi connectivity index (χ0n) is 16.1. The molecule has 0 aliphatic carbocycles. The summed E-state index contributed by atoms with van der Waals surface area (Å²) in [4.78, 5) is 42.0. The molecule has 27 heavy (non-hydrogen) atoms. The van der Waals surface area contributed by atoms with Crippen molar-refractivity contribution in [1.82, 2.24) is 20.1 Å². The van der Waals surface area contributed by atoms with Gasteiger partial charge in [0.05, 0.1) is 11.4 Å². The lowest BCUT2D eigenvalue weighted by Crippen LogP contribution is -2.28. The number of amides is 1. The zero-order valence-corrected chi connectivity index (χ0v) is 17.0. The summed E-state index contributed by atoms with van der Waals surface area (Å²) in [5.74, 6) is -0.119. The molecular formula is C19H24N4O3S. The number of fused-ring (bicyclic) bond motifs is 1. The summed E-state index contributed by atoms with van der Waals surface area (Å²) in [6.07, 6.45) is 0.471. The number of pyridine rings is 1. The highest BCUT2D eigenvalue weighted by Crippen LogP contribution is 2.26. The second kappa shape index (κ2) is 7.19. The number of aryl methyl sites for hydroxylation is 4. The number of H-pyrrole nitrogens is 2. The van der Waals surface area contributed by atoms with E-state index >= 15 is 0 Å². The SMILES string of the molecule is Cc1cc([C@@H](C)NC(=O)CCc2c(C)c3c(=O)[nH]n(C)c3[nH]c2=O)c(C)s1. The molecule has 0 aromatic carbocycles. The highest BCUT2D eigenvalue weighted by molar-refractivity contribution is 7.12. The van der Waals surface area contributed by atoms with Crippen molar-refractivity contribution in [2.75, 3.05) is 0 Å². The van der Waals surface area contributed by atoms with E-state index < -0.39 is 0 Å². The number of aromatic nitrogens is 3. The smallest absolute Gasteiger partial charge is 0.273 e. The molecule has 0 bridgehead atoms. The number of nitrogens with zero attached hydrogens (tertiary/aromatic N) is 1. The Kier molecular flexibility index (Phi) is 5.10. The van der Waals surface area contributed by atoms with Crippen molar-refractivity contribution < 1.29 is 4.79 Å². The average molecular weight is 388 g/mol. The first-order valence-corrected chi connectivity index (χ1v) is 9.67. The van der Waals surface area contributed by atoms with E-state index in [-0.39, 0.29) is 35.9 Å². The van der Waals surface area contributed by atoms with E-state index in [1.807, 2.05) is 20.8 Å². The molecule has 7 nitrogen and oxygen atoms in total. The molecule has 144 valence electrons. The van der Waals surface area contributed by atoms with Crippen molar-refractivity contribution in [3.8, 4) is 0 Å². The third kappa shape index (κ3) is 3.62. The molecule has 3 heterocycles. The molecule has 0 aliphatic rings. The monoisotopic (exact) mass is 388 g/mol. The number of nitrogens with one attached hydrogen (secondary N) is 3. The van der Waals surface area contributed by atoms with Crippen LogP contribution in [0, 0.1) is 20.8 Å². The molecule has 0 saturated heterocycles. The fraction of sp³-hybridized carbons (Fsp3) is 0.421. The molecule has 1 atom stereocenters. The van der Waals surface area contributed by atoms with E-state index in [4.69, 9.17) is 0 Å². The van der Waals surface area contributed by atoms with E-state index in [2.05, 4.69) is 21.5 Å². The summed E-state index contributed by atoms with van der Waals surface area (Å²) in [5, 5.41) is 6.10. The lowest BCUT2D eigenvalue weighted by molar-refractivity contribution is -0.121. The molecular weight excluding hydrogens is 364 g/mol. The first kappa shape index (κ1) is 19.2. The van der Waals surface area contributed by atoms with Gasteiger partial charge in [-0.1, -0.05) is 0 Å². The van der Waals surface area contributed by atoms with Gasteiger partial charge in [-0.2, -0.15) is 0 Å². The van der Waals surface area contributed by atoms with Gasteiger partial charge in [-0.3, -0.25) is 24.2 Å². The van der Waals surface area contributed by atoms with Crippen LogP contribution in [-0.4, -0.2) is 20.7 Å². The van der Waals surface area contributed by atoms with Crippen LogP contribution >= 0.6 is 11.3 Å². The van der Waals surface area contributed by atoms with Gasteiger partial charge in [0.2, 0.25) is 5.91 Å². The molecule has 3 aromatic heterocycles. The summed E-state index contributed by atoms with van der Waals surface area (Å²) in [6, 6.07) is 2.01.